The van der Waals surface area contributed by atoms with Gasteiger partial charge in [-0.1, -0.05) is 23.5 Å². The smallest absolute Gasteiger partial charge is 0.259 e. The third kappa shape index (κ3) is 5.08. The maximum atomic E-state index is 12.8. The molecule has 0 spiro atoms. The van der Waals surface area contributed by atoms with Gasteiger partial charge >= 0.3 is 0 Å². The molecule has 8 nitrogen and oxygen atoms in total. The van der Waals surface area contributed by atoms with Gasteiger partial charge in [0.05, 0.1) is 24.6 Å². The molecule has 9 heteroatoms. The Hall–Kier alpha value is -4.24. The molecule has 32 heavy (non-hydrogen) atoms. The predicted octanol–water partition coefficient (Wildman–Crippen LogP) is 4.71. The molecule has 2 aromatic heterocycles. The van der Waals surface area contributed by atoms with Crippen LogP contribution in [0.25, 0.3) is 16.6 Å². The van der Waals surface area contributed by atoms with Crippen molar-refractivity contribution >= 4 is 40.0 Å². The molecule has 2 aromatic carbocycles. The fraction of sp³-hybridized carbons (Fsp3) is 0.0435. The normalized spacial score (nSPS) is 10.8. The molecule has 2 amide bonds. The van der Waals surface area contributed by atoms with Crippen molar-refractivity contribution in [1.82, 2.24) is 10.2 Å². The zero-order valence-corrected chi connectivity index (χ0v) is 17.8. The Labute approximate surface area is 187 Å². The van der Waals surface area contributed by atoms with Gasteiger partial charge in [0.15, 0.2) is 0 Å². The van der Waals surface area contributed by atoms with E-state index < -0.39 is 5.91 Å². The number of anilines is 2. The number of methoxy groups -OCH3 is 1. The second-order valence-corrected chi connectivity index (χ2v) is 7.46. The predicted molar refractivity (Wildman–Crippen MR) is 123 cm³/mol. The number of benzene rings is 2. The van der Waals surface area contributed by atoms with Crippen LogP contribution < -0.4 is 15.4 Å². The third-order valence-electron chi connectivity index (χ3n) is 4.35. The van der Waals surface area contributed by atoms with Crippen molar-refractivity contribution in [2.75, 3.05) is 17.7 Å². The molecule has 4 rings (SSSR count). The van der Waals surface area contributed by atoms with Gasteiger partial charge in [0.2, 0.25) is 11.0 Å². The molecule has 0 radical (unpaired) electrons. The van der Waals surface area contributed by atoms with E-state index in [9.17, 15) is 9.59 Å². The van der Waals surface area contributed by atoms with Crippen molar-refractivity contribution in [2.24, 2.45) is 0 Å². The molecular formula is C23H18N4O4S. The molecular weight excluding hydrogens is 428 g/mol. The highest BCUT2D eigenvalue weighted by Crippen LogP contribution is 2.28. The van der Waals surface area contributed by atoms with E-state index in [-0.39, 0.29) is 5.91 Å². The first-order chi connectivity index (χ1) is 15.6. The summed E-state index contributed by atoms with van der Waals surface area (Å²) in [5.74, 6) is 0.493. The lowest BCUT2D eigenvalue weighted by atomic mass is 10.1. The van der Waals surface area contributed by atoms with Crippen LogP contribution in [0.2, 0.25) is 0 Å². The highest BCUT2D eigenvalue weighted by molar-refractivity contribution is 7.18. The van der Waals surface area contributed by atoms with Gasteiger partial charge < -0.3 is 14.5 Å². The van der Waals surface area contributed by atoms with Gasteiger partial charge in [-0.25, -0.2) is 0 Å². The molecule has 0 atom stereocenters. The van der Waals surface area contributed by atoms with Crippen LogP contribution in [0.4, 0.5) is 10.8 Å². The van der Waals surface area contributed by atoms with Gasteiger partial charge in [-0.2, -0.15) is 0 Å². The van der Waals surface area contributed by atoms with Crippen LogP contribution in [-0.2, 0) is 4.79 Å². The first-order valence-electron chi connectivity index (χ1n) is 9.53. The second-order valence-electron chi connectivity index (χ2n) is 6.48. The van der Waals surface area contributed by atoms with Crippen molar-refractivity contribution < 1.29 is 18.7 Å². The van der Waals surface area contributed by atoms with E-state index in [0.717, 1.165) is 11.3 Å². The van der Waals surface area contributed by atoms with E-state index in [1.54, 1.807) is 49.6 Å². The molecule has 160 valence electrons. The number of aromatic nitrogens is 2. The van der Waals surface area contributed by atoms with Gasteiger partial charge in [-0.05, 0) is 54.6 Å². The molecule has 4 aromatic rings. The van der Waals surface area contributed by atoms with Crippen molar-refractivity contribution in [3.8, 4) is 16.3 Å². The highest BCUT2D eigenvalue weighted by Gasteiger charge is 2.15. The van der Waals surface area contributed by atoms with E-state index >= 15 is 0 Å². The van der Waals surface area contributed by atoms with Gasteiger partial charge in [-0.15, -0.1) is 10.2 Å². The van der Waals surface area contributed by atoms with E-state index in [4.69, 9.17) is 9.15 Å². The number of hydrogen-bond acceptors (Lipinski definition) is 7. The number of hydrogen-bond donors (Lipinski definition) is 2. The van der Waals surface area contributed by atoms with Crippen LogP contribution in [0.15, 0.2) is 77.4 Å². The molecule has 0 aliphatic carbocycles. The maximum Gasteiger partial charge on any atom is 0.259 e. The quantitative estimate of drug-likeness (QED) is 0.398. The van der Waals surface area contributed by atoms with Gasteiger partial charge in [0.25, 0.3) is 5.91 Å². The number of nitrogens with one attached hydrogen (secondary N) is 2. The van der Waals surface area contributed by atoms with Gasteiger partial charge in [0.1, 0.15) is 16.5 Å². The summed E-state index contributed by atoms with van der Waals surface area (Å²) in [6.07, 6.45) is 4.39. The molecule has 0 unspecified atom stereocenters. The minimum absolute atomic E-state index is 0.299. The molecule has 2 heterocycles. The number of ether oxygens (including phenoxy) is 1. The SMILES string of the molecule is COc1ccc(-c2nnc(NC(=O)c3ccccc3NC(=O)/C=C/c3ccco3)s2)cc1. The van der Waals surface area contributed by atoms with Crippen LogP contribution in [0.1, 0.15) is 16.1 Å². The maximum absolute atomic E-state index is 12.8. The monoisotopic (exact) mass is 446 g/mol. The Kier molecular flexibility index (Phi) is 6.38. The first kappa shape index (κ1) is 21.0. The lowest BCUT2D eigenvalue weighted by Crippen LogP contribution is -2.16. The average Bonchev–Trinajstić information content (AvgIpc) is 3.50. The van der Waals surface area contributed by atoms with E-state index in [2.05, 4.69) is 20.8 Å². The Morgan fingerprint density at radius 3 is 2.56 bits per heavy atom. The van der Waals surface area contributed by atoms with E-state index in [0.29, 0.717) is 27.2 Å². The average molecular weight is 446 g/mol. The topological polar surface area (TPSA) is 106 Å². The number of para-hydroxylation sites is 1. The summed E-state index contributed by atoms with van der Waals surface area (Å²) in [6.45, 7) is 0. The Bertz CT molecular complexity index is 1250. The third-order valence-corrected chi connectivity index (χ3v) is 5.24. The highest BCUT2D eigenvalue weighted by atomic mass is 32.1. The number of nitrogens with zero attached hydrogens (tertiary/aromatic N) is 2. The minimum atomic E-state index is -0.409. The van der Waals surface area contributed by atoms with Crippen LogP contribution in [0.3, 0.4) is 0 Å². The van der Waals surface area contributed by atoms with E-state index in [1.165, 1.54) is 23.7 Å². The molecule has 0 aliphatic heterocycles. The summed E-state index contributed by atoms with van der Waals surface area (Å²) >= 11 is 1.24. The fourth-order valence-electron chi connectivity index (χ4n) is 2.80. The van der Waals surface area contributed by atoms with Crippen LogP contribution in [0.5, 0.6) is 5.75 Å². The molecule has 0 saturated carbocycles. The Balaban J connectivity index is 1.45. The molecule has 0 fully saturated rings. The first-order valence-corrected chi connectivity index (χ1v) is 10.3. The number of rotatable bonds is 7. The number of carbonyl (C=O) groups excluding carboxylic acids is 2. The number of furan rings is 1. The standard InChI is InChI=1S/C23H18N4O4S/c1-30-16-10-8-15(9-11-16)22-26-27-23(32-22)25-21(29)18-6-2-3-7-19(18)24-20(28)13-12-17-5-4-14-31-17/h2-14H,1H3,(H,24,28)(H,25,27,29)/b13-12+. The Morgan fingerprint density at radius 2 is 1.81 bits per heavy atom. The summed E-state index contributed by atoms with van der Waals surface area (Å²) in [6, 6.07) is 17.6. The fourth-order valence-corrected chi connectivity index (χ4v) is 3.54. The summed E-state index contributed by atoms with van der Waals surface area (Å²) < 4.78 is 10.3. The summed E-state index contributed by atoms with van der Waals surface area (Å²) in [5.41, 5.74) is 1.53. The number of carbonyl (C=O) groups is 2. The largest absolute Gasteiger partial charge is 0.497 e. The number of amides is 2. The molecule has 0 bridgehead atoms. The second kappa shape index (κ2) is 9.71. The van der Waals surface area contributed by atoms with Crippen LogP contribution >= 0.6 is 11.3 Å². The van der Waals surface area contributed by atoms with Crippen LogP contribution in [0, 0.1) is 0 Å². The summed E-state index contributed by atoms with van der Waals surface area (Å²) in [4.78, 5) is 25.1. The van der Waals surface area contributed by atoms with Crippen molar-refractivity contribution in [3.63, 3.8) is 0 Å². The van der Waals surface area contributed by atoms with Gasteiger partial charge in [-0.3, -0.25) is 14.9 Å². The van der Waals surface area contributed by atoms with Crippen LogP contribution in [-0.4, -0.2) is 29.1 Å². The lowest BCUT2D eigenvalue weighted by molar-refractivity contribution is -0.111. The zero-order chi connectivity index (χ0) is 22.3. The summed E-state index contributed by atoms with van der Waals surface area (Å²) in [7, 11) is 1.60. The summed E-state index contributed by atoms with van der Waals surface area (Å²) in [5, 5.41) is 14.6. The lowest BCUT2D eigenvalue weighted by Gasteiger charge is -2.09. The molecule has 2 N–H and O–H groups in total. The van der Waals surface area contributed by atoms with Crippen molar-refractivity contribution in [2.45, 2.75) is 0 Å². The van der Waals surface area contributed by atoms with Gasteiger partial charge in [0, 0.05) is 11.6 Å². The van der Waals surface area contributed by atoms with Crippen molar-refractivity contribution in [1.29, 1.82) is 0 Å². The molecule has 0 aliphatic rings. The van der Waals surface area contributed by atoms with Crippen molar-refractivity contribution in [3.05, 3.63) is 84.3 Å². The zero-order valence-electron chi connectivity index (χ0n) is 16.9. The molecule has 0 saturated heterocycles. The van der Waals surface area contributed by atoms with E-state index in [1.807, 2.05) is 24.3 Å². The minimum Gasteiger partial charge on any atom is -0.497 e. The Morgan fingerprint density at radius 1 is 1.00 bits per heavy atom.